The lowest BCUT2D eigenvalue weighted by atomic mass is 10.1. The number of carboxylic acid groups (broad SMARTS) is 1. The maximum absolute atomic E-state index is 11.9. The molecule has 0 aliphatic carbocycles. The van der Waals surface area contributed by atoms with E-state index in [1.807, 2.05) is 0 Å². The zero-order chi connectivity index (χ0) is 22.8. The third-order valence-electron chi connectivity index (χ3n) is 4.43. The van der Waals surface area contributed by atoms with Crippen molar-refractivity contribution in [2.24, 2.45) is 0 Å². The second kappa shape index (κ2) is 12.0. The second-order valence-corrected chi connectivity index (χ2v) is 6.62. The van der Waals surface area contributed by atoms with E-state index in [9.17, 15) is 28.8 Å². The molecule has 0 spiro atoms. The fourth-order valence-electron chi connectivity index (χ4n) is 3.00. The van der Waals surface area contributed by atoms with Gasteiger partial charge in [0.05, 0.1) is 26.4 Å². The van der Waals surface area contributed by atoms with Crippen molar-refractivity contribution in [3.05, 3.63) is 0 Å². The van der Waals surface area contributed by atoms with E-state index in [2.05, 4.69) is 4.74 Å². The van der Waals surface area contributed by atoms with Crippen LogP contribution < -0.4 is 0 Å². The first-order chi connectivity index (χ1) is 14.8. The van der Waals surface area contributed by atoms with Gasteiger partial charge in [0.15, 0.2) is 12.2 Å². The van der Waals surface area contributed by atoms with Crippen LogP contribution in [0.4, 0.5) is 0 Å². The van der Waals surface area contributed by atoms with E-state index in [4.69, 9.17) is 28.8 Å². The monoisotopic (exact) mass is 446 g/mol. The molecule has 2 unspecified atom stereocenters. The van der Waals surface area contributed by atoms with Crippen molar-refractivity contribution < 1.29 is 62.3 Å². The molecule has 172 valence electrons. The highest BCUT2D eigenvalue weighted by Crippen LogP contribution is 2.30. The van der Waals surface area contributed by atoms with Crippen molar-refractivity contribution in [3.8, 4) is 0 Å². The van der Waals surface area contributed by atoms with Crippen LogP contribution in [0.25, 0.3) is 0 Å². The van der Waals surface area contributed by atoms with Crippen LogP contribution in [0.15, 0.2) is 0 Å². The number of unbranched alkanes of at least 4 members (excludes halogenated alkanes) is 3. The number of esters is 4. The van der Waals surface area contributed by atoms with Crippen molar-refractivity contribution >= 4 is 36.1 Å². The van der Waals surface area contributed by atoms with E-state index in [-0.39, 0.29) is 32.7 Å². The SMILES string of the molecule is O=CC(=O)O[C@@H]1COC2C1OC[C@H]2OC(=O)C(=O)OCCCCCCOC(=O)C(=O)O. The molecule has 0 aromatic carbocycles. The van der Waals surface area contributed by atoms with Gasteiger partial charge in [-0.1, -0.05) is 0 Å². The third-order valence-corrected chi connectivity index (χ3v) is 4.43. The van der Waals surface area contributed by atoms with E-state index in [0.29, 0.717) is 25.7 Å². The van der Waals surface area contributed by atoms with Gasteiger partial charge in [0, 0.05) is 0 Å². The van der Waals surface area contributed by atoms with E-state index in [0.717, 1.165) is 0 Å². The summed E-state index contributed by atoms with van der Waals surface area (Å²) in [6.45, 7) is -0.171. The molecule has 0 aromatic heterocycles. The summed E-state index contributed by atoms with van der Waals surface area (Å²) in [5, 5.41) is 8.33. The Kier molecular flexibility index (Phi) is 9.34. The van der Waals surface area contributed by atoms with Crippen LogP contribution in [-0.2, 0) is 57.2 Å². The molecule has 31 heavy (non-hydrogen) atoms. The Balaban J connectivity index is 1.58. The summed E-state index contributed by atoms with van der Waals surface area (Å²) in [5.41, 5.74) is 0. The predicted octanol–water partition coefficient (Wildman–Crippen LogP) is -1.46. The number of rotatable bonds is 10. The number of hydrogen-bond acceptors (Lipinski definition) is 12. The van der Waals surface area contributed by atoms with Crippen LogP contribution in [0.2, 0.25) is 0 Å². The van der Waals surface area contributed by atoms with Crippen molar-refractivity contribution in [2.75, 3.05) is 26.4 Å². The van der Waals surface area contributed by atoms with Crippen LogP contribution in [0.3, 0.4) is 0 Å². The molecule has 4 atom stereocenters. The lowest BCUT2D eigenvalue weighted by Crippen LogP contribution is -2.37. The zero-order valence-electron chi connectivity index (χ0n) is 16.4. The van der Waals surface area contributed by atoms with Gasteiger partial charge in [-0.25, -0.2) is 24.0 Å². The normalized spacial score (nSPS) is 24.0. The number of ether oxygens (including phenoxy) is 6. The molecule has 0 bridgehead atoms. The van der Waals surface area contributed by atoms with Crippen molar-refractivity contribution in [1.82, 2.24) is 0 Å². The number of carbonyl (C=O) groups is 6. The molecule has 2 saturated heterocycles. The summed E-state index contributed by atoms with van der Waals surface area (Å²) in [6.07, 6.45) is -1.05. The van der Waals surface area contributed by atoms with Crippen molar-refractivity contribution in [2.45, 2.75) is 50.1 Å². The first-order valence-corrected chi connectivity index (χ1v) is 9.50. The highest BCUT2D eigenvalue weighted by molar-refractivity contribution is 6.29. The Morgan fingerprint density at radius 2 is 1.29 bits per heavy atom. The minimum absolute atomic E-state index is 0.0178. The number of aldehydes is 1. The highest BCUT2D eigenvalue weighted by atomic mass is 16.7. The lowest BCUT2D eigenvalue weighted by Gasteiger charge is -2.16. The summed E-state index contributed by atoms with van der Waals surface area (Å²) < 4.78 is 30.0. The van der Waals surface area contributed by atoms with E-state index >= 15 is 0 Å². The number of aliphatic carboxylic acids is 1. The van der Waals surface area contributed by atoms with Gasteiger partial charge in [0.1, 0.15) is 12.2 Å². The summed E-state index contributed by atoms with van der Waals surface area (Å²) >= 11 is 0. The fourth-order valence-corrected chi connectivity index (χ4v) is 3.00. The summed E-state index contributed by atoms with van der Waals surface area (Å²) in [5.74, 6) is -6.43. The standard InChI is InChI=1S/C18H22O13/c19-7-12(20)30-10-8-28-14-11(9-29-13(10)14)31-18(25)17(24)27-6-4-2-1-3-5-26-16(23)15(21)22/h7,10-11,13-14H,1-6,8-9H2,(H,21,22)/t10-,11-,13?,14?/m1/s1. The number of fused-ring (bicyclic) bond motifs is 1. The van der Waals surface area contributed by atoms with Gasteiger partial charge in [0.25, 0.3) is 0 Å². The molecule has 2 heterocycles. The Morgan fingerprint density at radius 3 is 1.81 bits per heavy atom. The van der Waals surface area contributed by atoms with Crippen LogP contribution in [0.5, 0.6) is 0 Å². The van der Waals surface area contributed by atoms with Gasteiger partial charge >= 0.3 is 29.8 Å². The van der Waals surface area contributed by atoms with E-state index in [1.54, 1.807) is 0 Å². The average molecular weight is 446 g/mol. The molecule has 2 aliphatic heterocycles. The minimum atomic E-state index is -1.65. The Labute approximate surface area is 175 Å². The molecular weight excluding hydrogens is 424 g/mol. The Morgan fingerprint density at radius 1 is 0.774 bits per heavy atom. The molecule has 2 rings (SSSR count). The molecule has 1 N–H and O–H groups in total. The van der Waals surface area contributed by atoms with Gasteiger partial charge in [-0.05, 0) is 25.7 Å². The molecule has 0 radical (unpaired) electrons. The summed E-state index contributed by atoms with van der Waals surface area (Å²) in [4.78, 5) is 66.0. The van der Waals surface area contributed by atoms with Gasteiger partial charge in [-0.2, -0.15) is 0 Å². The van der Waals surface area contributed by atoms with Crippen LogP contribution in [-0.4, -0.2) is 92.1 Å². The molecule has 13 nitrogen and oxygen atoms in total. The van der Waals surface area contributed by atoms with Gasteiger partial charge in [-0.3, -0.25) is 4.79 Å². The second-order valence-electron chi connectivity index (χ2n) is 6.62. The van der Waals surface area contributed by atoms with Crippen LogP contribution >= 0.6 is 0 Å². The highest BCUT2D eigenvalue weighted by Gasteiger charge is 2.51. The number of carboxylic acids is 1. The zero-order valence-corrected chi connectivity index (χ0v) is 16.4. The lowest BCUT2D eigenvalue weighted by molar-refractivity contribution is -0.173. The van der Waals surface area contributed by atoms with E-state index < -0.39 is 54.3 Å². The topological polar surface area (TPSA) is 178 Å². The summed E-state index contributed by atoms with van der Waals surface area (Å²) in [7, 11) is 0. The number of hydrogen-bond donors (Lipinski definition) is 1. The average Bonchev–Trinajstić information content (AvgIpc) is 3.32. The largest absolute Gasteiger partial charge is 0.473 e. The Hall–Kier alpha value is -3.06. The maximum atomic E-state index is 11.9. The quantitative estimate of drug-likeness (QED) is 0.135. The minimum Gasteiger partial charge on any atom is -0.473 e. The van der Waals surface area contributed by atoms with E-state index in [1.165, 1.54) is 0 Å². The van der Waals surface area contributed by atoms with Crippen molar-refractivity contribution in [3.63, 3.8) is 0 Å². The van der Waals surface area contributed by atoms with Crippen molar-refractivity contribution in [1.29, 1.82) is 0 Å². The molecule has 13 heteroatoms. The van der Waals surface area contributed by atoms with Gasteiger partial charge in [-0.15, -0.1) is 0 Å². The first-order valence-electron chi connectivity index (χ1n) is 9.50. The van der Waals surface area contributed by atoms with Crippen LogP contribution in [0, 0.1) is 0 Å². The Bertz CT molecular complexity index is 703. The summed E-state index contributed by atoms with van der Waals surface area (Å²) in [6, 6.07) is 0. The molecular formula is C18H22O13. The smallest absolute Gasteiger partial charge is 0.417 e. The number of carbonyl (C=O) groups excluding carboxylic acids is 5. The third kappa shape index (κ3) is 7.29. The fraction of sp³-hybridized carbons (Fsp3) is 0.667. The van der Waals surface area contributed by atoms with Crippen LogP contribution in [0.1, 0.15) is 25.7 Å². The molecule has 0 aromatic rings. The van der Waals surface area contributed by atoms with Gasteiger partial charge < -0.3 is 33.5 Å². The molecule has 0 amide bonds. The molecule has 2 aliphatic rings. The first kappa shape index (κ1) is 24.2. The van der Waals surface area contributed by atoms with Gasteiger partial charge in [0.2, 0.25) is 6.29 Å². The predicted molar refractivity (Wildman–Crippen MR) is 93.3 cm³/mol. The molecule has 0 saturated carbocycles. The molecule has 2 fully saturated rings. The maximum Gasteiger partial charge on any atom is 0.417 e.